The highest BCUT2D eigenvalue weighted by molar-refractivity contribution is 5.95. The Bertz CT molecular complexity index is 1180. The van der Waals surface area contributed by atoms with Gasteiger partial charge in [-0.2, -0.15) is 9.61 Å². The summed E-state index contributed by atoms with van der Waals surface area (Å²) in [6, 6.07) is 20.3. The number of carbonyl (C=O) groups is 1. The van der Waals surface area contributed by atoms with Crippen molar-refractivity contribution in [2.75, 3.05) is 11.9 Å². The summed E-state index contributed by atoms with van der Waals surface area (Å²) in [5, 5.41) is 7.62. The Morgan fingerprint density at radius 2 is 1.87 bits per heavy atom. The molecule has 0 unspecified atom stereocenters. The van der Waals surface area contributed by atoms with Crippen LogP contribution >= 0.6 is 0 Å². The normalized spacial score (nSPS) is 13.4. The molecule has 2 aromatic heterocycles. The van der Waals surface area contributed by atoms with Crippen LogP contribution in [0, 0.1) is 0 Å². The molecule has 2 aromatic carbocycles. The van der Waals surface area contributed by atoms with Crippen molar-refractivity contribution >= 4 is 17.4 Å². The molecule has 1 amide bonds. The molecule has 5 rings (SSSR count). The predicted octanol–water partition coefficient (Wildman–Crippen LogP) is 3.92. The number of anilines is 1. The van der Waals surface area contributed by atoms with Gasteiger partial charge in [-0.1, -0.05) is 42.5 Å². The standard InChI is InChI=1S/C24H23N5O/c1-28(16-17-5-3-2-4-6-17)22-13-14-25-23-21(15-26-29(22)23)18-7-9-19(10-8-18)24(30)27-20-11-12-20/h2-10,13-15,20H,11-12,16H2,1H3,(H,27,30). The fourth-order valence-electron chi connectivity index (χ4n) is 3.61. The third-order valence-electron chi connectivity index (χ3n) is 5.41. The van der Waals surface area contributed by atoms with Gasteiger partial charge in [0.15, 0.2) is 5.65 Å². The predicted molar refractivity (Wildman–Crippen MR) is 117 cm³/mol. The highest BCUT2D eigenvalue weighted by atomic mass is 16.1. The second-order valence-corrected chi connectivity index (χ2v) is 7.76. The van der Waals surface area contributed by atoms with E-state index in [0.717, 1.165) is 42.0 Å². The lowest BCUT2D eigenvalue weighted by atomic mass is 10.1. The molecule has 0 bridgehead atoms. The fourth-order valence-corrected chi connectivity index (χ4v) is 3.61. The molecule has 0 aliphatic heterocycles. The van der Waals surface area contributed by atoms with Crippen LogP contribution in [0.5, 0.6) is 0 Å². The smallest absolute Gasteiger partial charge is 0.251 e. The minimum Gasteiger partial charge on any atom is -0.355 e. The van der Waals surface area contributed by atoms with Gasteiger partial charge < -0.3 is 10.2 Å². The van der Waals surface area contributed by atoms with E-state index in [-0.39, 0.29) is 5.91 Å². The van der Waals surface area contributed by atoms with Gasteiger partial charge in [0, 0.05) is 37.0 Å². The summed E-state index contributed by atoms with van der Waals surface area (Å²) in [7, 11) is 2.05. The Hall–Kier alpha value is -3.67. The summed E-state index contributed by atoms with van der Waals surface area (Å²) in [5.41, 5.74) is 4.64. The summed E-state index contributed by atoms with van der Waals surface area (Å²) < 4.78 is 1.87. The molecule has 150 valence electrons. The molecule has 4 aromatic rings. The summed E-state index contributed by atoms with van der Waals surface area (Å²) in [5.74, 6) is 0.961. The maximum absolute atomic E-state index is 12.2. The van der Waals surface area contributed by atoms with Crippen LogP contribution in [0.25, 0.3) is 16.8 Å². The number of hydrogen-bond acceptors (Lipinski definition) is 4. The van der Waals surface area contributed by atoms with Crippen LogP contribution in [0.15, 0.2) is 73.1 Å². The molecule has 30 heavy (non-hydrogen) atoms. The quantitative estimate of drug-likeness (QED) is 0.536. The number of benzene rings is 2. The zero-order valence-electron chi connectivity index (χ0n) is 16.8. The average molecular weight is 397 g/mol. The molecule has 0 radical (unpaired) electrons. The third-order valence-corrected chi connectivity index (χ3v) is 5.41. The van der Waals surface area contributed by atoms with Gasteiger partial charge in [-0.05, 0) is 42.2 Å². The van der Waals surface area contributed by atoms with E-state index < -0.39 is 0 Å². The Morgan fingerprint density at radius 3 is 2.60 bits per heavy atom. The van der Waals surface area contributed by atoms with E-state index in [0.29, 0.717) is 11.6 Å². The molecule has 6 heteroatoms. The van der Waals surface area contributed by atoms with Crippen LogP contribution in [0.1, 0.15) is 28.8 Å². The van der Waals surface area contributed by atoms with Crippen molar-refractivity contribution in [3.8, 4) is 11.1 Å². The van der Waals surface area contributed by atoms with E-state index >= 15 is 0 Å². The van der Waals surface area contributed by atoms with Gasteiger partial charge in [0.1, 0.15) is 5.82 Å². The first-order valence-corrected chi connectivity index (χ1v) is 10.2. The molecule has 1 N–H and O–H groups in total. The van der Waals surface area contributed by atoms with E-state index in [9.17, 15) is 4.79 Å². The van der Waals surface area contributed by atoms with E-state index in [4.69, 9.17) is 0 Å². The Kier molecular flexibility index (Phi) is 4.67. The minimum absolute atomic E-state index is 0.00754. The third kappa shape index (κ3) is 3.64. The van der Waals surface area contributed by atoms with Crippen molar-refractivity contribution in [1.29, 1.82) is 0 Å². The molecule has 1 saturated carbocycles. The van der Waals surface area contributed by atoms with Crippen LogP contribution in [-0.4, -0.2) is 33.6 Å². The summed E-state index contributed by atoms with van der Waals surface area (Å²) in [6.07, 6.45) is 5.81. The van der Waals surface area contributed by atoms with E-state index in [1.165, 1.54) is 5.56 Å². The Labute approximate surface area is 175 Å². The molecule has 2 heterocycles. The van der Waals surface area contributed by atoms with Crippen LogP contribution < -0.4 is 10.2 Å². The van der Waals surface area contributed by atoms with Gasteiger partial charge in [-0.25, -0.2) is 4.98 Å². The number of nitrogens with one attached hydrogen (secondary N) is 1. The Balaban J connectivity index is 1.42. The number of nitrogens with zero attached hydrogens (tertiary/aromatic N) is 4. The van der Waals surface area contributed by atoms with Crippen molar-refractivity contribution in [2.24, 2.45) is 0 Å². The number of fused-ring (bicyclic) bond motifs is 1. The first kappa shape index (κ1) is 18.4. The molecule has 1 aliphatic rings. The molecular weight excluding hydrogens is 374 g/mol. The van der Waals surface area contributed by atoms with Gasteiger partial charge in [0.2, 0.25) is 0 Å². The van der Waals surface area contributed by atoms with Gasteiger partial charge in [0.25, 0.3) is 5.91 Å². The lowest BCUT2D eigenvalue weighted by molar-refractivity contribution is 0.0951. The number of carbonyl (C=O) groups excluding carboxylic acids is 1. The van der Waals surface area contributed by atoms with Crippen molar-refractivity contribution < 1.29 is 4.79 Å². The largest absolute Gasteiger partial charge is 0.355 e. The molecule has 6 nitrogen and oxygen atoms in total. The summed E-state index contributed by atoms with van der Waals surface area (Å²) in [4.78, 5) is 19.0. The zero-order chi connectivity index (χ0) is 20.5. The zero-order valence-corrected chi connectivity index (χ0v) is 16.8. The number of rotatable bonds is 6. The SMILES string of the molecule is CN(Cc1ccccc1)c1ccnc2c(-c3ccc(C(=O)NC4CC4)cc3)cnn12. The van der Waals surface area contributed by atoms with Crippen molar-refractivity contribution in [3.63, 3.8) is 0 Å². The van der Waals surface area contributed by atoms with Crippen LogP contribution in [0.2, 0.25) is 0 Å². The number of amides is 1. The molecule has 0 saturated heterocycles. The average Bonchev–Trinajstić information content (AvgIpc) is 3.49. The summed E-state index contributed by atoms with van der Waals surface area (Å²) >= 11 is 0. The highest BCUT2D eigenvalue weighted by Gasteiger charge is 2.23. The maximum atomic E-state index is 12.2. The van der Waals surface area contributed by atoms with Crippen molar-refractivity contribution in [1.82, 2.24) is 19.9 Å². The molecule has 0 spiro atoms. The van der Waals surface area contributed by atoms with Gasteiger partial charge >= 0.3 is 0 Å². The maximum Gasteiger partial charge on any atom is 0.251 e. The van der Waals surface area contributed by atoms with Crippen LogP contribution in [0.4, 0.5) is 5.82 Å². The van der Waals surface area contributed by atoms with Crippen molar-refractivity contribution in [3.05, 3.63) is 84.2 Å². The van der Waals surface area contributed by atoms with E-state index in [1.807, 2.05) is 65.4 Å². The van der Waals surface area contributed by atoms with E-state index in [2.05, 4.69) is 39.5 Å². The Morgan fingerprint density at radius 1 is 1.10 bits per heavy atom. The lowest BCUT2D eigenvalue weighted by Gasteiger charge is -2.20. The second kappa shape index (κ2) is 7.63. The minimum atomic E-state index is -0.00754. The first-order valence-electron chi connectivity index (χ1n) is 10.2. The topological polar surface area (TPSA) is 62.5 Å². The highest BCUT2D eigenvalue weighted by Crippen LogP contribution is 2.27. The van der Waals surface area contributed by atoms with Gasteiger partial charge in [0.05, 0.1) is 6.20 Å². The van der Waals surface area contributed by atoms with Gasteiger partial charge in [-0.15, -0.1) is 0 Å². The van der Waals surface area contributed by atoms with Crippen LogP contribution in [0.3, 0.4) is 0 Å². The second-order valence-electron chi connectivity index (χ2n) is 7.76. The molecular formula is C24H23N5O. The van der Waals surface area contributed by atoms with E-state index in [1.54, 1.807) is 0 Å². The molecule has 1 aliphatic carbocycles. The summed E-state index contributed by atoms with van der Waals surface area (Å²) in [6.45, 7) is 0.778. The molecule has 0 atom stereocenters. The number of hydrogen-bond donors (Lipinski definition) is 1. The lowest BCUT2D eigenvalue weighted by Crippen LogP contribution is -2.25. The van der Waals surface area contributed by atoms with Crippen molar-refractivity contribution in [2.45, 2.75) is 25.4 Å². The molecule has 1 fully saturated rings. The first-order chi connectivity index (χ1) is 14.7. The number of aromatic nitrogens is 3. The fraction of sp³-hybridized carbons (Fsp3) is 0.208. The van der Waals surface area contributed by atoms with Crippen LogP contribution in [-0.2, 0) is 6.54 Å². The van der Waals surface area contributed by atoms with Gasteiger partial charge in [-0.3, -0.25) is 4.79 Å². The monoisotopic (exact) mass is 397 g/mol.